The van der Waals surface area contributed by atoms with Crippen molar-refractivity contribution in [1.82, 2.24) is 4.90 Å². The van der Waals surface area contributed by atoms with Gasteiger partial charge in [-0.15, -0.1) is 0 Å². The van der Waals surface area contributed by atoms with Crippen molar-refractivity contribution >= 4 is 23.5 Å². The van der Waals surface area contributed by atoms with Crippen LogP contribution < -0.4 is 14.8 Å². The number of rotatable bonds is 3. The van der Waals surface area contributed by atoms with Gasteiger partial charge in [0.1, 0.15) is 6.04 Å². The van der Waals surface area contributed by atoms with Gasteiger partial charge in [-0.3, -0.25) is 14.5 Å². The molecule has 0 spiro atoms. The number of fused-ring (bicyclic) bond motifs is 2. The maximum atomic E-state index is 12.9. The maximum absolute atomic E-state index is 12.9. The number of carbonyl (C=O) groups excluding carboxylic acids is 3. The van der Waals surface area contributed by atoms with Crippen LogP contribution in [-0.2, 0) is 14.3 Å². The molecule has 8 heteroatoms. The van der Waals surface area contributed by atoms with Gasteiger partial charge in [-0.2, -0.15) is 0 Å². The Balaban J connectivity index is 1.39. The fourth-order valence-corrected chi connectivity index (χ4v) is 3.79. The van der Waals surface area contributed by atoms with Gasteiger partial charge in [0, 0.05) is 23.7 Å². The normalized spacial score (nSPS) is 22.2. The molecule has 3 aliphatic rings. The topological polar surface area (TPSA) is 94.2 Å². The first-order valence-electron chi connectivity index (χ1n) is 8.93. The molecule has 1 saturated heterocycles. The molecule has 2 atom stereocenters. The highest BCUT2D eigenvalue weighted by molar-refractivity contribution is 6.00. The molecule has 8 nitrogen and oxygen atoms in total. The SMILES string of the molecule is O=C1O[C@H](N2C(=O)CC[C@H]2C(=O)Nc2ccc3c(c2)OCO3)c2ccccc21. The number of nitrogens with one attached hydrogen (secondary N) is 1. The van der Waals surface area contributed by atoms with Crippen LogP contribution in [0.15, 0.2) is 42.5 Å². The number of carbonyl (C=O) groups is 3. The van der Waals surface area contributed by atoms with E-state index in [4.69, 9.17) is 14.2 Å². The summed E-state index contributed by atoms with van der Waals surface area (Å²) in [5.41, 5.74) is 1.56. The number of hydrogen-bond donors (Lipinski definition) is 1. The number of anilines is 1. The predicted octanol–water partition coefficient (Wildman–Crippen LogP) is 2.21. The summed E-state index contributed by atoms with van der Waals surface area (Å²) < 4.78 is 16.0. The number of esters is 1. The van der Waals surface area contributed by atoms with Crippen molar-refractivity contribution < 1.29 is 28.6 Å². The Bertz CT molecular complexity index is 1000. The second kappa shape index (κ2) is 6.26. The van der Waals surface area contributed by atoms with Gasteiger partial charge in [-0.1, -0.05) is 18.2 Å². The van der Waals surface area contributed by atoms with Crippen LogP contribution in [0.25, 0.3) is 0 Å². The van der Waals surface area contributed by atoms with Crippen LogP contribution in [0.3, 0.4) is 0 Å². The summed E-state index contributed by atoms with van der Waals surface area (Å²) in [5, 5.41) is 2.81. The summed E-state index contributed by atoms with van der Waals surface area (Å²) >= 11 is 0. The van der Waals surface area contributed by atoms with Crippen LogP contribution in [0.2, 0.25) is 0 Å². The highest BCUT2D eigenvalue weighted by Gasteiger charge is 2.46. The minimum Gasteiger partial charge on any atom is -0.454 e. The molecule has 2 amide bonds. The van der Waals surface area contributed by atoms with Gasteiger partial charge in [-0.25, -0.2) is 4.79 Å². The lowest BCUT2D eigenvalue weighted by Gasteiger charge is -2.29. The van der Waals surface area contributed by atoms with Crippen LogP contribution >= 0.6 is 0 Å². The van der Waals surface area contributed by atoms with E-state index in [2.05, 4.69) is 5.32 Å². The van der Waals surface area contributed by atoms with Gasteiger partial charge in [0.05, 0.1) is 5.56 Å². The van der Waals surface area contributed by atoms with Crippen LogP contribution in [0, 0.1) is 0 Å². The van der Waals surface area contributed by atoms with Crippen molar-refractivity contribution in [3.63, 3.8) is 0 Å². The quantitative estimate of drug-likeness (QED) is 0.821. The van der Waals surface area contributed by atoms with Crippen LogP contribution in [-0.4, -0.2) is 35.5 Å². The molecule has 0 saturated carbocycles. The largest absolute Gasteiger partial charge is 0.454 e. The maximum Gasteiger partial charge on any atom is 0.340 e. The minimum atomic E-state index is -0.883. The summed E-state index contributed by atoms with van der Waals surface area (Å²) in [6.07, 6.45) is -0.313. The Morgan fingerprint density at radius 1 is 1.07 bits per heavy atom. The zero-order valence-corrected chi connectivity index (χ0v) is 14.7. The van der Waals surface area contributed by atoms with E-state index in [1.165, 1.54) is 4.90 Å². The second-order valence-electron chi connectivity index (χ2n) is 6.76. The Morgan fingerprint density at radius 2 is 1.89 bits per heavy atom. The number of ether oxygens (including phenoxy) is 3. The first-order chi connectivity index (χ1) is 13.6. The van der Waals surface area contributed by atoms with Crippen LogP contribution in [0.1, 0.15) is 35.0 Å². The van der Waals surface area contributed by atoms with E-state index in [-0.39, 0.29) is 25.0 Å². The Hall–Kier alpha value is -3.55. The molecule has 1 fully saturated rings. The van der Waals surface area contributed by atoms with E-state index in [1.54, 1.807) is 42.5 Å². The fraction of sp³-hybridized carbons (Fsp3) is 0.250. The zero-order chi connectivity index (χ0) is 19.3. The molecule has 3 heterocycles. The third kappa shape index (κ3) is 2.57. The van der Waals surface area contributed by atoms with Crippen molar-refractivity contribution in [2.45, 2.75) is 25.1 Å². The van der Waals surface area contributed by atoms with Gasteiger partial charge in [0.25, 0.3) is 0 Å². The smallest absolute Gasteiger partial charge is 0.340 e. The highest BCUT2D eigenvalue weighted by Crippen LogP contribution is 2.39. The molecule has 2 aromatic carbocycles. The molecular weight excluding hydrogens is 364 g/mol. The monoisotopic (exact) mass is 380 g/mol. The highest BCUT2D eigenvalue weighted by atomic mass is 16.7. The van der Waals surface area contributed by atoms with Crippen molar-refractivity contribution in [3.05, 3.63) is 53.6 Å². The lowest BCUT2D eigenvalue weighted by atomic mass is 10.1. The van der Waals surface area contributed by atoms with E-state index in [0.29, 0.717) is 34.7 Å². The second-order valence-corrected chi connectivity index (χ2v) is 6.76. The van der Waals surface area contributed by atoms with Crippen molar-refractivity contribution in [3.8, 4) is 11.5 Å². The van der Waals surface area contributed by atoms with E-state index >= 15 is 0 Å². The van der Waals surface area contributed by atoms with Gasteiger partial charge in [-0.05, 0) is 24.6 Å². The summed E-state index contributed by atoms with van der Waals surface area (Å²) in [7, 11) is 0. The standard InChI is InChI=1S/C20H16N2O6/c23-17-8-6-14(18(24)21-11-5-7-15-16(9-11)27-10-26-15)22(17)19-12-3-1-2-4-13(12)20(25)28-19/h1-5,7,9,14,19H,6,8,10H2,(H,21,24)/t14-,19-/m0/s1. The molecule has 3 aliphatic heterocycles. The Kier molecular flexibility index (Phi) is 3.71. The van der Waals surface area contributed by atoms with Gasteiger partial charge >= 0.3 is 5.97 Å². The first-order valence-corrected chi connectivity index (χ1v) is 8.93. The summed E-state index contributed by atoms with van der Waals surface area (Å²) in [4.78, 5) is 38.9. The van der Waals surface area contributed by atoms with Crippen molar-refractivity contribution in [2.75, 3.05) is 12.1 Å². The summed E-state index contributed by atoms with van der Waals surface area (Å²) in [6.45, 7) is 0.143. The third-order valence-electron chi connectivity index (χ3n) is 5.12. The lowest BCUT2D eigenvalue weighted by molar-refractivity contribution is -0.144. The molecule has 28 heavy (non-hydrogen) atoms. The van der Waals surface area contributed by atoms with Gasteiger partial charge in [0.2, 0.25) is 24.8 Å². The number of likely N-dealkylation sites (tertiary alicyclic amines) is 1. The molecular formula is C20H16N2O6. The molecule has 0 unspecified atom stereocenters. The van der Waals surface area contributed by atoms with Crippen molar-refractivity contribution in [2.24, 2.45) is 0 Å². The molecule has 0 aromatic heterocycles. The molecule has 0 aliphatic carbocycles. The number of nitrogens with zero attached hydrogens (tertiary/aromatic N) is 1. The molecule has 5 rings (SSSR count). The zero-order valence-electron chi connectivity index (χ0n) is 14.7. The van der Waals surface area contributed by atoms with Crippen LogP contribution in [0.4, 0.5) is 5.69 Å². The van der Waals surface area contributed by atoms with E-state index < -0.39 is 18.2 Å². The van der Waals surface area contributed by atoms with E-state index in [1.807, 2.05) is 0 Å². The molecule has 0 radical (unpaired) electrons. The minimum absolute atomic E-state index is 0.143. The van der Waals surface area contributed by atoms with E-state index in [0.717, 1.165) is 0 Å². The predicted molar refractivity (Wildman–Crippen MR) is 95.7 cm³/mol. The van der Waals surface area contributed by atoms with Crippen LogP contribution in [0.5, 0.6) is 11.5 Å². The molecule has 1 N–H and O–H groups in total. The molecule has 142 valence electrons. The molecule has 0 bridgehead atoms. The summed E-state index contributed by atoms with van der Waals surface area (Å²) in [6, 6.07) is 11.3. The Labute approximate surface area is 160 Å². The number of benzene rings is 2. The van der Waals surface area contributed by atoms with Gasteiger partial charge < -0.3 is 19.5 Å². The number of amides is 2. The Morgan fingerprint density at radius 3 is 2.79 bits per heavy atom. The lowest BCUT2D eigenvalue weighted by Crippen LogP contribution is -2.43. The van der Waals surface area contributed by atoms with Gasteiger partial charge in [0.15, 0.2) is 11.5 Å². The number of hydrogen-bond acceptors (Lipinski definition) is 6. The third-order valence-corrected chi connectivity index (χ3v) is 5.12. The first kappa shape index (κ1) is 16.6. The number of cyclic esters (lactones) is 1. The summed E-state index contributed by atoms with van der Waals surface area (Å²) in [5.74, 6) is 0.113. The average Bonchev–Trinajstić information content (AvgIpc) is 3.39. The fourth-order valence-electron chi connectivity index (χ4n) is 3.79. The average molecular weight is 380 g/mol. The van der Waals surface area contributed by atoms with Crippen molar-refractivity contribution in [1.29, 1.82) is 0 Å². The van der Waals surface area contributed by atoms with E-state index in [9.17, 15) is 14.4 Å². The molecule has 2 aromatic rings.